The number of amides is 2. The number of halogens is 2. The summed E-state index contributed by atoms with van der Waals surface area (Å²) in [6.45, 7) is 6.74. The molecule has 0 saturated heterocycles. The molecule has 35 heavy (non-hydrogen) atoms. The van der Waals surface area contributed by atoms with Crippen molar-refractivity contribution >= 4 is 50.7 Å². The lowest BCUT2D eigenvalue weighted by Crippen LogP contribution is -2.52. The van der Waals surface area contributed by atoms with Gasteiger partial charge in [0.1, 0.15) is 18.3 Å². The Morgan fingerprint density at radius 2 is 1.74 bits per heavy atom. The fraction of sp³-hybridized carbons (Fsp3) is 0.417. The number of rotatable bonds is 11. The Labute approximate surface area is 217 Å². The van der Waals surface area contributed by atoms with Crippen molar-refractivity contribution in [1.82, 2.24) is 10.2 Å². The summed E-state index contributed by atoms with van der Waals surface area (Å²) >= 11 is 12.3. The van der Waals surface area contributed by atoms with E-state index in [0.717, 1.165) is 10.6 Å². The molecule has 0 spiro atoms. The fourth-order valence-corrected chi connectivity index (χ4v) is 4.68. The van der Waals surface area contributed by atoms with Crippen molar-refractivity contribution in [3.63, 3.8) is 0 Å². The van der Waals surface area contributed by atoms with Crippen LogP contribution in [-0.4, -0.2) is 56.6 Å². The Hall–Kier alpha value is -2.49. The van der Waals surface area contributed by atoms with Crippen molar-refractivity contribution in [1.29, 1.82) is 0 Å². The van der Waals surface area contributed by atoms with Gasteiger partial charge in [0.2, 0.25) is 21.8 Å². The lowest BCUT2D eigenvalue weighted by molar-refractivity contribution is -0.139. The number of hydrogen-bond acceptors (Lipinski definition) is 5. The molecule has 0 fully saturated rings. The average Bonchev–Trinajstić information content (AvgIpc) is 2.76. The molecule has 192 valence electrons. The van der Waals surface area contributed by atoms with Crippen molar-refractivity contribution in [2.45, 2.75) is 46.3 Å². The number of ether oxygens (including phenoxy) is 1. The minimum Gasteiger partial charge on any atom is -0.492 e. The van der Waals surface area contributed by atoms with Gasteiger partial charge in [-0.05, 0) is 57.5 Å². The highest BCUT2D eigenvalue weighted by Crippen LogP contribution is 2.30. The van der Waals surface area contributed by atoms with Crippen molar-refractivity contribution in [3.8, 4) is 5.75 Å². The molecule has 1 unspecified atom stereocenters. The third kappa shape index (κ3) is 8.02. The average molecular weight is 545 g/mol. The van der Waals surface area contributed by atoms with Crippen LogP contribution in [0, 0.1) is 0 Å². The highest BCUT2D eigenvalue weighted by molar-refractivity contribution is 7.92. The molecule has 0 heterocycles. The highest BCUT2D eigenvalue weighted by atomic mass is 35.5. The van der Waals surface area contributed by atoms with Crippen molar-refractivity contribution in [2.75, 3.05) is 23.7 Å². The molecular formula is C24H31Cl2N3O5S. The van der Waals surface area contributed by atoms with Gasteiger partial charge in [-0.2, -0.15) is 0 Å². The quantitative estimate of drug-likeness (QED) is 0.460. The van der Waals surface area contributed by atoms with Gasteiger partial charge in [0.05, 0.1) is 18.6 Å². The van der Waals surface area contributed by atoms with E-state index in [0.29, 0.717) is 28.0 Å². The molecule has 0 aliphatic heterocycles. The number of carbonyl (C=O) groups is 2. The van der Waals surface area contributed by atoms with E-state index in [1.165, 1.54) is 4.90 Å². The first-order valence-electron chi connectivity index (χ1n) is 11.1. The summed E-state index contributed by atoms with van der Waals surface area (Å²) < 4.78 is 32.0. The largest absolute Gasteiger partial charge is 0.492 e. The molecular weight excluding hydrogens is 513 g/mol. The van der Waals surface area contributed by atoms with Crippen LogP contribution in [-0.2, 0) is 26.2 Å². The van der Waals surface area contributed by atoms with Crippen LogP contribution in [0.15, 0.2) is 42.5 Å². The van der Waals surface area contributed by atoms with Crippen LogP contribution in [0.5, 0.6) is 5.75 Å². The van der Waals surface area contributed by atoms with E-state index in [9.17, 15) is 18.0 Å². The summed E-state index contributed by atoms with van der Waals surface area (Å²) in [5.74, 6) is -0.635. The zero-order valence-corrected chi connectivity index (χ0v) is 22.7. The maximum Gasteiger partial charge on any atom is 0.244 e. The van der Waals surface area contributed by atoms with Crippen molar-refractivity contribution < 1.29 is 22.7 Å². The van der Waals surface area contributed by atoms with Gasteiger partial charge in [-0.15, -0.1) is 0 Å². The fourth-order valence-electron chi connectivity index (χ4n) is 3.36. The summed E-state index contributed by atoms with van der Waals surface area (Å²) in [6, 6.07) is 10.4. The van der Waals surface area contributed by atoms with E-state index in [4.69, 9.17) is 27.9 Å². The van der Waals surface area contributed by atoms with Gasteiger partial charge in [-0.25, -0.2) is 8.42 Å². The van der Waals surface area contributed by atoms with E-state index < -0.39 is 28.5 Å². The lowest BCUT2D eigenvalue weighted by Gasteiger charge is -2.32. The van der Waals surface area contributed by atoms with E-state index >= 15 is 0 Å². The van der Waals surface area contributed by atoms with Gasteiger partial charge in [0.15, 0.2) is 0 Å². The number of nitrogens with zero attached hydrogens (tertiary/aromatic N) is 2. The Balaban J connectivity index is 2.47. The van der Waals surface area contributed by atoms with E-state index in [1.807, 2.05) is 13.8 Å². The second kappa shape index (κ2) is 12.5. The van der Waals surface area contributed by atoms with Crippen LogP contribution in [0.4, 0.5) is 5.69 Å². The Bertz CT molecular complexity index is 1160. The molecule has 0 radical (unpaired) electrons. The molecule has 11 heteroatoms. The number of benzene rings is 2. The van der Waals surface area contributed by atoms with Crippen LogP contribution in [0.1, 0.15) is 33.3 Å². The zero-order valence-electron chi connectivity index (χ0n) is 20.4. The maximum atomic E-state index is 13.6. The molecule has 0 saturated carbocycles. The minimum absolute atomic E-state index is 0.0216. The molecule has 0 aliphatic carbocycles. The lowest BCUT2D eigenvalue weighted by atomic mass is 10.1. The summed E-state index contributed by atoms with van der Waals surface area (Å²) in [4.78, 5) is 27.7. The number of anilines is 1. The van der Waals surface area contributed by atoms with Crippen LogP contribution >= 0.6 is 23.2 Å². The van der Waals surface area contributed by atoms with E-state index in [-0.39, 0.29) is 24.2 Å². The molecule has 0 aromatic heterocycles. The normalized spacial score (nSPS) is 12.2. The van der Waals surface area contributed by atoms with Crippen molar-refractivity contribution in [2.24, 2.45) is 0 Å². The van der Waals surface area contributed by atoms with E-state index in [1.54, 1.807) is 56.3 Å². The van der Waals surface area contributed by atoms with Crippen LogP contribution in [0.2, 0.25) is 10.0 Å². The van der Waals surface area contributed by atoms with Crippen LogP contribution < -0.4 is 14.4 Å². The minimum atomic E-state index is -3.88. The van der Waals surface area contributed by atoms with Crippen LogP contribution in [0.25, 0.3) is 0 Å². The Morgan fingerprint density at radius 3 is 2.31 bits per heavy atom. The second-order valence-electron chi connectivity index (χ2n) is 8.27. The van der Waals surface area contributed by atoms with Crippen LogP contribution in [0.3, 0.4) is 0 Å². The first-order valence-corrected chi connectivity index (χ1v) is 13.7. The molecule has 2 amide bonds. The molecule has 2 rings (SSSR count). The first-order chi connectivity index (χ1) is 16.3. The predicted molar refractivity (Wildman–Crippen MR) is 140 cm³/mol. The third-order valence-electron chi connectivity index (χ3n) is 5.07. The smallest absolute Gasteiger partial charge is 0.244 e. The number of hydrogen-bond donors (Lipinski definition) is 1. The Morgan fingerprint density at radius 1 is 1.09 bits per heavy atom. The molecule has 8 nitrogen and oxygen atoms in total. The summed E-state index contributed by atoms with van der Waals surface area (Å²) in [6.07, 6.45) is 1.01. The van der Waals surface area contributed by atoms with Crippen molar-refractivity contribution in [3.05, 3.63) is 58.1 Å². The van der Waals surface area contributed by atoms with E-state index in [2.05, 4.69) is 5.32 Å². The predicted octanol–water partition coefficient (Wildman–Crippen LogP) is 4.10. The molecule has 0 bridgehead atoms. The molecule has 2 aromatic carbocycles. The molecule has 1 atom stereocenters. The summed E-state index contributed by atoms with van der Waals surface area (Å²) in [5, 5.41) is 3.55. The van der Waals surface area contributed by atoms with Gasteiger partial charge in [0.25, 0.3) is 0 Å². The van der Waals surface area contributed by atoms with Gasteiger partial charge in [0, 0.05) is 22.6 Å². The van der Waals surface area contributed by atoms with Gasteiger partial charge < -0.3 is 15.0 Å². The SMILES string of the molecule is CCOc1ccccc1N(CC(=O)N(Cc1ccc(Cl)cc1Cl)C(C)C(=O)NC(C)C)S(C)(=O)=O. The number of sulfonamides is 1. The summed E-state index contributed by atoms with van der Waals surface area (Å²) in [5.41, 5.74) is 0.795. The summed E-state index contributed by atoms with van der Waals surface area (Å²) in [7, 11) is -3.88. The number of nitrogens with one attached hydrogen (secondary N) is 1. The van der Waals surface area contributed by atoms with Gasteiger partial charge in [-0.3, -0.25) is 13.9 Å². The number of carbonyl (C=O) groups excluding carboxylic acids is 2. The topological polar surface area (TPSA) is 96.0 Å². The third-order valence-corrected chi connectivity index (χ3v) is 6.78. The monoisotopic (exact) mass is 543 g/mol. The Kier molecular flexibility index (Phi) is 10.2. The second-order valence-corrected chi connectivity index (χ2v) is 11.0. The number of para-hydroxylation sites is 2. The molecule has 0 aliphatic rings. The standard InChI is InChI=1S/C24H31Cl2N3O5S/c1-6-34-22-10-8-7-9-21(22)29(35(5,32)33)15-23(30)28(17(4)24(31)27-16(2)3)14-18-11-12-19(25)13-20(18)26/h7-13,16-17H,6,14-15H2,1-5H3,(H,27,31). The molecule has 2 aromatic rings. The first kappa shape index (κ1) is 28.7. The zero-order chi connectivity index (χ0) is 26.3. The molecule has 1 N–H and O–H groups in total. The van der Waals surface area contributed by atoms with Gasteiger partial charge in [-0.1, -0.05) is 41.4 Å². The van der Waals surface area contributed by atoms with Gasteiger partial charge >= 0.3 is 0 Å². The maximum absolute atomic E-state index is 13.6. The highest BCUT2D eigenvalue weighted by Gasteiger charge is 2.31.